The average molecular weight is 154 g/mol. The summed E-state index contributed by atoms with van der Waals surface area (Å²) in [6.45, 7) is 0. The number of hydroxylamine groups is 1. The highest BCUT2D eigenvalue weighted by Crippen LogP contribution is 1.77. The SMILES string of the molecule is CONC(=O)Br. The molecular formula is C2H4BrNO2. The minimum atomic E-state index is -0.370. The van der Waals surface area contributed by atoms with E-state index in [1.807, 2.05) is 5.48 Å². The van der Waals surface area contributed by atoms with Gasteiger partial charge in [-0.2, -0.15) is 0 Å². The summed E-state index contributed by atoms with van der Waals surface area (Å²) in [5.74, 6) is 0. The van der Waals surface area contributed by atoms with E-state index in [9.17, 15) is 4.79 Å². The second-order valence-corrected chi connectivity index (χ2v) is 1.30. The molecule has 0 radical (unpaired) electrons. The fourth-order valence-corrected chi connectivity index (χ4v) is 0.242. The van der Waals surface area contributed by atoms with Crippen LogP contribution in [0.4, 0.5) is 4.79 Å². The molecular weight excluding hydrogens is 150 g/mol. The number of carbonyl (C=O) groups is 1. The fraction of sp³-hybridized carbons (Fsp3) is 0.500. The number of halogens is 1. The molecule has 0 aliphatic rings. The molecule has 0 spiro atoms. The Labute approximate surface area is 43.8 Å². The molecule has 0 aliphatic heterocycles. The van der Waals surface area contributed by atoms with Gasteiger partial charge in [0.05, 0.1) is 7.11 Å². The van der Waals surface area contributed by atoms with E-state index in [1.165, 1.54) is 7.11 Å². The molecule has 4 heteroatoms. The van der Waals surface area contributed by atoms with Crippen LogP contribution in [0.5, 0.6) is 0 Å². The first-order chi connectivity index (χ1) is 2.77. The van der Waals surface area contributed by atoms with Crippen LogP contribution in [-0.2, 0) is 4.84 Å². The first kappa shape index (κ1) is 5.91. The molecule has 0 aromatic heterocycles. The molecule has 36 valence electrons. The van der Waals surface area contributed by atoms with Gasteiger partial charge in [-0.3, -0.25) is 9.63 Å². The number of hydrogen-bond donors (Lipinski definition) is 1. The molecule has 1 N–H and O–H groups in total. The van der Waals surface area contributed by atoms with Gasteiger partial charge in [0.2, 0.25) is 0 Å². The van der Waals surface area contributed by atoms with Gasteiger partial charge in [-0.1, -0.05) is 0 Å². The van der Waals surface area contributed by atoms with E-state index < -0.39 is 0 Å². The Morgan fingerprint density at radius 2 is 2.50 bits per heavy atom. The van der Waals surface area contributed by atoms with Crippen LogP contribution in [0.15, 0.2) is 0 Å². The largest absolute Gasteiger partial charge is 0.310 e. The summed E-state index contributed by atoms with van der Waals surface area (Å²) in [6, 6.07) is 0. The standard InChI is InChI=1S/C2H4BrNO2/c1-6-4-2(3)5/h1H3,(H,4,5). The van der Waals surface area contributed by atoms with Crippen LogP contribution in [0.3, 0.4) is 0 Å². The van der Waals surface area contributed by atoms with E-state index in [-0.39, 0.29) is 4.82 Å². The minimum Gasteiger partial charge on any atom is -0.276 e. The first-order valence-electron chi connectivity index (χ1n) is 1.26. The maximum absolute atomic E-state index is 9.72. The van der Waals surface area contributed by atoms with Crippen LogP contribution in [0.2, 0.25) is 0 Å². The molecule has 0 heterocycles. The molecule has 0 rings (SSSR count). The highest BCUT2D eigenvalue weighted by atomic mass is 79.9. The quantitative estimate of drug-likeness (QED) is 0.342. The van der Waals surface area contributed by atoms with Gasteiger partial charge in [0, 0.05) is 15.9 Å². The highest BCUT2D eigenvalue weighted by molar-refractivity contribution is 9.18. The second kappa shape index (κ2) is 3.11. The Kier molecular flexibility index (Phi) is 3.07. The lowest BCUT2D eigenvalue weighted by molar-refractivity contribution is 0.121. The van der Waals surface area contributed by atoms with Crippen molar-refractivity contribution in [2.75, 3.05) is 7.11 Å². The number of nitrogens with one attached hydrogen (secondary N) is 1. The van der Waals surface area contributed by atoms with Gasteiger partial charge in [0.25, 0.3) is 0 Å². The normalized spacial score (nSPS) is 7.67. The zero-order valence-corrected chi connectivity index (χ0v) is 4.78. The fourth-order valence-electron chi connectivity index (χ4n) is 0.0802. The number of hydrogen-bond acceptors (Lipinski definition) is 2. The van der Waals surface area contributed by atoms with Crippen molar-refractivity contribution in [3.05, 3.63) is 0 Å². The Morgan fingerprint density at radius 3 is 2.50 bits per heavy atom. The van der Waals surface area contributed by atoms with Crippen molar-refractivity contribution in [1.82, 2.24) is 5.48 Å². The van der Waals surface area contributed by atoms with Gasteiger partial charge in [-0.25, -0.2) is 5.48 Å². The molecule has 6 heavy (non-hydrogen) atoms. The Hall–Kier alpha value is -0.0900. The zero-order valence-electron chi connectivity index (χ0n) is 3.19. The monoisotopic (exact) mass is 153 g/mol. The predicted molar refractivity (Wildman–Crippen MR) is 24.5 cm³/mol. The maximum atomic E-state index is 9.72. The van der Waals surface area contributed by atoms with Crippen LogP contribution >= 0.6 is 15.9 Å². The Balaban J connectivity index is 2.83. The summed E-state index contributed by atoms with van der Waals surface area (Å²) in [5.41, 5.74) is 1.99. The first-order valence-corrected chi connectivity index (χ1v) is 2.05. The molecule has 0 aliphatic carbocycles. The van der Waals surface area contributed by atoms with Crippen molar-refractivity contribution in [3.8, 4) is 0 Å². The summed E-state index contributed by atoms with van der Waals surface area (Å²) in [7, 11) is 1.36. The third-order valence-electron chi connectivity index (χ3n) is 0.182. The summed E-state index contributed by atoms with van der Waals surface area (Å²) >= 11 is 2.56. The lowest BCUT2D eigenvalue weighted by Gasteiger charge is -1.88. The molecule has 0 saturated carbocycles. The summed E-state index contributed by atoms with van der Waals surface area (Å²) in [6.07, 6.45) is 0. The third-order valence-corrected chi connectivity index (χ3v) is 0.344. The summed E-state index contributed by atoms with van der Waals surface area (Å²) < 4.78 is 0. The third kappa shape index (κ3) is 3.91. The van der Waals surface area contributed by atoms with E-state index in [1.54, 1.807) is 0 Å². The molecule has 1 amide bonds. The second-order valence-electron chi connectivity index (χ2n) is 0.580. The number of amides is 1. The molecule has 0 aromatic carbocycles. The summed E-state index contributed by atoms with van der Waals surface area (Å²) in [5, 5.41) is 0. The number of rotatable bonds is 1. The number of carbonyl (C=O) groups excluding carboxylic acids is 1. The van der Waals surface area contributed by atoms with Crippen LogP contribution < -0.4 is 5.48 Å². The van der Waals surface area contributed by atoms with Gasteiger partial charge in [0.1, 0.15) is 0 Å². The van der Waals surface area contributed by atoms with Gasteiger partial charge in [-0.15, -0.1) is 0 Å². The van der Waals surface area contributed by atoms with Gasteiger partial charge >= 0.3 is 4.82 Å². The molecule has 3 nitrogen and oxygen atoms in total. The van der Waals surface area contributed by atoms with E-state index >= 15 is 0 Å². The highest BCUT2D eigenvalue weighted by Gasteiger charge is 1.82. The van der Waals surface area contributed by atoms with Gasteiger partial charge in [-0.05, 0) is 0 Å². The van der Waals surface area contributed by atoms with Crippen LogP contribution in [-0.4, -0.2) is 11.9 Å². The van der Waals surface area contributed by atoms with Crippen molar-refractivity contribution >= 4 is 20.7 Å². The molecule has 0 saturated heterocycles. The van der Waals surface area contributed by atoms with Crippen molar-refractivity contribution in [1.29, 1.82) is 0 Å². The van der Waals surface area contributed by atoms with Gasteiger partial charge in [0.15, 0.2) is 0 Å². The average Bonchev–Trinajstić information content (AvgIpc) is 1.35. The van der Waals surface area contributed by atoms with E-state index in [2.05, 4.69) is 20.8 Å². The lowest BCUT2D eigenvalue weighted by atomic mass is 11.4. The van der Waals surface area contributed by atoms with Crippen molar-refractivity contribution in [2.45, 2.75) is 0 Å². The molecule has 0 aromatic rings. The summed E-state index contributed by atoms with van der Waals surface area (Å²) in [4.78, 5) is 13.5. The maximum Gasteiger partial charge on any atom is 0.310 e. The molecule has 0 bridgehead atoms. The van der Waals surface area contributed by atoms with Crippen LogP contribution in [0, 0.1) is 0 Å². The van der Waals surface area contributed by atoms with Crippen LogP contribution in [0.25, 0.3) is 0 Å². The molecule has 0 fully saturated rings. The molecule has 0 atom stereocenters. The van der Waals surface area contributed by atoms with Gasteiger partial charge < -0.3 is 0 Å². The lowest BCUT2D eigenvalue weighted by Crippen LogP contribution is -2.12. The van der Waals surface area contributed by atoms with E-state index in [4.69, 9.17) is 0 Å². The smallest absolute Gasteiger partial charge is 0.276 e. The predicted octanol–water partition coefficient (Wildman–Crippen LogP) is 0.652. The minimum absolute atomic E-state index is 0.370. The Bertz CT molecular complexity index is 55.5. The van der Waals surface area contributed by atoms with Crippen molar-refractivity contribution in [2.24, 2.45) is 0 Å². The zero-order chi connectivity index (χ0) is 4.99. The Morgan fingerprint density at radius 1 is 2.00 bits per heavy atom. The molecule has 0 unspecified atom stereocenters. The van der Waals surface area contributed by atoms with Crippen molar-refractivity contribution in [3.63, 3.8) is 0 Å². The van der Waals surface area contributed by atoms with E-state index in [0.717, 1.165) is 0 Å². The van der Waals surface area contributed by atoms with Crippen LogP contribution in [0.1, 0.15) is 0 Å². The van der Waals surface area contributed by atoms with Crippen molar-refractivity contribution < 1.29 is 9.63 Å². The topological polar surface area (TPSA) is 38.3 Å². The van der Waals surface area contributed by atoms with E-state index in [0.29, 0.717) is 0 Å².